The van der Waals surface area contributed by atoms with Crippen molar-refractivity contribution in [3.05, 3.63) is 35.4 Å². The Morgan fingerprint density at radius 3 is 1.88 bits per heavy atom. The highest BCUT2D eigenvalue weighted by molar-refractivity contribution is 6.23. The maximum absolute atomic E-state index is 12.0. The van der Waals surface area contributed by atoms with E-state index in [-0.39, 0.29) is 11.1 Å². The van der Waals surface area contributed by atoms with E-state index in [9.17, 15) is 14.4 Å². The van der Waals surface area contributed by atoms with Crippen LogP contribution in [0.3, 0.4) is 0 Å². The minimum absolute atomic E-state index is 0.256. The first-order chi connectivity index (χ1) is 7.87. The molecule has 5 heteroatoms. The molecule has 0 saturated heterocycles. The monoisotopic (exact) mass is 233 g/mol. The molecule has 1 aliphatic rings. The van der Waals surface area contributed by atoms with E-state index in [1.807, 2.05) is 0 Å². The van der Waals surface area contributed by atoms with E-state index >= 15 is 0 Å². The second-order valence-corrected chi connectivity index (χ2v) is 4.36. The molecular weight excluding hydrogens is 222 g/mol. The molecule has 1 aromatic carbocycles. The molecule has 0 fully saturated rings. The van der Waals surface area contributed by atoms with E-state index in [0.29, 0.717) is 0 Å². The van der Waals surface area contributed by atoms with Crippen molar-refractivity contribution in [3.8, 4) is 0 Å². The first-order valence-electron chi connectivity index (χ1n) is 5.08. The summed E-state index contributed by atoms with van der Waals surface area (Å²) in [6.45, 7) is 2.66. The molecule has 0 radical (unpaired) electrons. The second-order valence-electron chi connectivity index (χ2n) is 4.36. The minimum atomic E-state index is -1.55. The fourth-order valence-corrected chi connectivity index (χ4v) is 1.79. The van der Waals surface area contributed by atoms with Gasteiger partial charge in [-0.05, 0) is 26.0 Å². The summed E-state index contributed by atoms with van der Waals surface area (Å²) in [5.74, 6) is -2.33. The van der Waals surface area contributed by atoms with Crippen LogP contribution >= 0.6 is 0 Å². The van der Waals surface area contributed by atoms with Gasteiger partial charge in [0.15, 0.2) is 0 Å². The zero-order chi connectivity index (χ0) is 12.8. The SMILES string of the molecule is CC(C)(C(=O)O)N1C(=O)c2ccccc2C1=O. The van der Waals surface area contributed by atoms with E-state index in [4.69, 9.17) is 5.11 Å². The highest BCUT2D eigenvalue weighted by Gasteiger charge is 2.47. The molecule has 0 aromatic heterocycles. The second kappa shape index (κ2) is 3.41. The van der Waals surface area contributed by atoms with Gasteiger partial charge in [0.05, 0.1) is 11.1 Å². The number of fused-ring (bicyclic) bond motifs is 1. The molecular formula is C12H11NO4. The molecule has 1 N–H and O–H groups in total. The maximum Gasteiger partial charge on any atom is 0.329 e. The lowest BCUT2D eigenvalue weighted by atomic mass is 10.0. The Hall–Kier alpha value is -2.17. The summed E-state index contributed by atoms with van der Waals surface area (Å²) in [5.41, 5.74) is -1.04. The number of hydrogen-bond acceptors (Lipinski definition) is 3. The van der Waals surface area contributed by atoms with Crippen molar-refractivity contribution in [3.63, 3.8) is 0 Å². The molecule has 0 aliphatic carbocycles. The van der Waals surface area contributed by atoms with E-state index in [1.165, 1.54) is 26.0 Å². The topological polar surface area (TPSA) is 74.7 Å². The first-order valence-corrected chi connectivity index (χ1v) is 5.08. The normalized spacial score (nSPS) is 15.1. The van der Waals surface area contributed by atoms with Crippen LogP contribution in [-0.4, -0.2) is 33.3 Å². The Bertz CT molecular complexity index is 498. The van der Waals surface area contributed by atoms with Crippen LogP contribution in [0.1, 0.15) is 34.6 Å². The summed E-state index contributed by atoms with van der Waals surface area (Å²) in [6.07, 6.45) is 0. The third-order valence-corrected chi connectivity index (χ3v) is 2.88. The Kier molecular flexibility index (Phi) is 2.27. The molecule has 0 saturated carbocycles. The van der Waals surface area contributed by atoms with Crippen LogP contribution in [0.5, 0.6) is 0 Å². The fourth-order valence-electron chi connectivity index (χ4n) is 1.79. The van der Waals surface area contributed by atoms with Crippen LogP contribution in [0.15, 0.2) is 24.3 Å². The minimum Gasteiger partial charge on any atom is -0.480 e. The number of carboxylic acid groups (broad SMARTS) is 1. The van der Waals surface area contributed by atoms with Crippen LogP contribution in [-0.2, 0) is 4.79 Å². The lowest BCUT2D eigenvalue weighted by Gasteiger charge is -2.29. The van der Waals surface area contributed by atoms with Gasteiger partial charge in [0.1, 0.15) is 5.54 Å². The highest BCUT2D eigenvalue weighted by atomic mass is 16.4. The van der Waals surface area contributed by atoms with Crippen LogP contribution < -0.4 is 0 Å². The Labute approximate surface area is 97.7 Å². The van der Waals surface area contributed by atoms with Gasteiger partial charge in [-0.25, -0.2) is 4.79 Å². The van der Waals surface area contributed by atoms with Crippen molar-refractivity contribution in [1.29, 1.82) is 0 Å². The summed E-state index contributed by atoms with van der Waals surface area (Å²) >= 11 is 0. The average molecular weight is 233 g/mol. The van der Waals surface area contributed by atoms with Crippen LogP contribution in [0, 0.1) is 0 Å². The third-order valence-electron chi connectivity index (χ3n) is 2.88. The molecule has 1 aliphatic heterocycles. The number of benzene rings is 1. The Balaban J connectivity index is 2.54. The van der Waals surface area contributed by atoms with Gasteiger partial charge in [0.25, 0.3) is 11.8 Å². The third kappa shape index (κ3) is 1.43. The largest absolute Gasteiger partial charge is 0.480 e. The summed E-state index contributed by atoms with van der Waals surface area (Å²) in [4.78, 5) is 35.9. The number of rotatable bonds is 2. The van der Waals surface area contributed by atoms with Crippen LogP contribution in [0.2, 0.25) is 0 Å². The quantitative estimate of drug-likeness (QED) is 0.777. The van der Waals surface area contributed by atoms with Crippen LogP contribution in [0.25, 0.3) is 0 Å². The number of nitrogens with zero attached hydrogens (tertiary/aromatic N) is 1. The number of carbonyl (C=O) groups excluding carboxylic acids is 2. The average Bonchev–Trinajstić information content (AvgIpc) is 2.52. The number of imide groups is 1. The maximum atomic E-state index is 12.0. The molecule has 0 spiro atoms. The van der Waals surface area contributed by atoms with E-state index in [0.717, 1.165) is 4.90 Å². The van der Waals surface area contributed by atoms with Gasteiger partial charge in [-0.2, -0.15) is 0 Å². The number of aliphatic carboxylic acids is 1. The zero-order valence-electron chi connectivity index (χ0n) is 9.43. The molecule has 5 nitrogen and oxygen atoms in total. The van der Waals surface area contributed by atoms with Gasteiger partial charge in [-0.1, -0.05) is 12.1 Å². The smallest absolute Gasteiger partial charge is 0.329 e. The van der Waals surface area contributed by atoms with E-state index in [1.54, 1.807) is 12.1 Å². The Morgan fingerprint density at radius 2 is 1.53 bits per heavy atom. The number of hydrogen-bond donors (Lipinski definition) is 1. The zero-order valence-corrected chi connectivity index (χ0v) is 9.43. The molecule has 0 bridgehead atoms. The highest BCUT2D eigenvalue weighted by Crippen LogP contribution is 2.29. The van der Waals surface area contributed by atoms with Crippen molar-refractivity contribution in [2.45, 2.75) is 19.4 Å². The van der Waals surface area contributed by atoms with Crippen molar-refractivity contribution in [2.24, 2.45) is 0 Å². The number of carbonyl (C=O) groups is 3. The lowest BCUT2D eigenvalue weighted by Crippen LogP contribution is -2.52. The standard InChI is InChI=1S/C12H11NO4/c1-12(2,11(16)17)13-9(14)7-5-3-4-6-8(7)10(13)15/h3-6H,1-2H3,(H,16,17). The van der Waals surface area contributed by atoms with Gasteiger partial charge in [0, 0.05) is 0 Å². The molecule has 1 heterocycles. The molecule has 0 atom stereocenters. The van der Waals surface area contributed by atoms with Crippen molar-refractivity contribution in [2.75, 3.05) is 0 Å². The predicted octanol–water partition coefficient (Wildman–Crippen LogP) is 1.15. The van der Waals surface area contributed by atoms with Gasteiger partial charge < -0.3 is 5.11 Å². The molecule has 17 heavy (non-hydrogen) atoms. The fraction of sp³-hybridized carbons (Fsp3) is 0.250. The summed E-state index contributed by atoms with van der Waals surface area (Å²) in [5, 5.41) is 9.07. The Morgan fingerprint density at radius 1 is 1.12 bits per heavy atom. The van der Waals surface area contributed by atoms with Crippen molar-refractivity contribution in [1.82, 2.24) is 4.90 Å². The summed E-state index contributed by atoms with van der Waals surface area (Å²) in [7, 11) is 0. The summed E-state index contributed by atoms with van der Waals surface area (Å²) < 4.78 is 0. The summed E-state index contributed by atoms with van der Waals surface area (Å²) in [6, 6.07) is 6.32. The molecule has 1 aromatic rings. The van der Waals surface area contributed by atoms with Crippen LogP contribution in [0.4, 0.5) is 0 Å². The van der Waals surface area contributed by atoms with Crippen molar-refractivity contribution < 1.29 is 19.5 Å². The lowest BCUT2D eigenvalue weighted by molar-refractivity contribution is -0.146. The van der Waals surface area contributed by atoms with Gasteiger partial charge in [-0.15, -0.1) is 0 Å². The first kappa shape index (κ1) is 11.3. The van der Waals surface area contributed by atoms with Crippen molar-refractivity contribution >= 4 is 17.8 Å². The number of amides is 2. The van der Waals surface area contributed by atoms with Gasteiger partial charge >= 0.3 is 5.97 Å². The van der Waals surface area contributed by atoms with E-state index < -0.39 is 23.3 Å². The molecule has 0 unspecified atom stereocenters. The predicted molar refractivity (Wildman–Crippen MR) is 58.7 cm³/mol. The number of carboxylic acids is 1. The molecule has 2 rings (SSSR count). The van der Waals surface area contributed by atoms with Gasteiger partial charge in [-0.3, -0.25) is 14.5 Å². The van der Waals surface area contributed by atoms with Gasteiger partial charge in [0.2, 0.25) is 0 Å². The molecule has 2 amide bonds. The van der Waals surface area contributed by atoms with E-state index in [2.05, 4.69) is 0 Å². The molecule has 88 valence electrons.